The van der Waals surface area contributed by atoms with Gasteiger partial charge in [-0.05, 0) is 44.5 Å². The first-order valence-corrected chi connectivity index (χ1v) is 12.4. The molecule has 2 aromatic carbocycles. The maximum Gasteiger partial charge on any atom is 0.408 e. The zero-order chi connectivity index (χ0) is 25.9. The topological polar surface area (TPSA) is 76.0 Å². The molecular weight excluding hydrogens is 456 g/mol. The predicted octanol–water partition coefficient (Wildman–Crippen LogP) is 3.97. The molecule has 8 nitrogen and oxygen atoms in total. The first-order valence-electron chi connectivity index (χ1n) is 12.4. The molecule has 0 bridgehead atoms. The number of nitrogens with one attached hydrogen (secondary N) is 1. The molecule has 1 atom stereocenters. The van der Waals surface area contributed by atoms with Gasteiger partial charge in [-0.3, -0.25) is 4.79 Å². The van der Waals surface area contributed by atoms with Crippen LogP contribution in [-0.4, -0.2) is 66.4 Å². The number of amides is 2. The standard InChI is InChI=1S/C28H36N4O4/c1-28(2,3)36-27(34)29-22(18-20-19-30(4)23-11-7-6-10-21(20)23)26(33)32-16-14-31(15-17-32)24-12-8-9-13-25(24)35-5/h6-13,19,22H,14-18H2,1-5H3,(H,29,34)/t22-/m0/s1. The van der Waals surface area contributed by atoms with Crippen LogP contribution in [0.2, 0.25) is 0 Å². The van der Waals surface area contributed by atoms with E-state index in [0.29, 0.717) is 32.6 Å². The van der Waals surface area contributed by atoms with Gasteiger partial charge >= 0.3 is 6.09 Å². The van der Waals surface area contributed by atoms with E-state index >= 15 is 0 Å². The van der Waals surface area contributed by atoms with Gasteiger partial charge in [0.15, 0.2) is 0 Å². The molecule has 1 saturated heterocycles. The molecular formula is C28H36N4O4. The van der Waals surface area contributed by atoms with E-state index in [2.05, 4.69) is 10.2 Å². The van der Waals surface area contributed by atoms with Gasteiger partial charge in [-0.25, -0.2) is 4.79 Å². The Kier molecular flexibility index (Phi) is 7.43. The summed E-state index contributed by atoms with van der Waals surface area (Å²) in [5, 5.41) is 3.93. The van der Waals surface area contributed by atoms with E-state index < -0.39 is 17.7 Å². The van der Waals surface area contributed by atoms with Crippen LogP contribution >= 0.6 is 0 Å². The average Bonchev–Trinajstić information content (AvgIpc) is 3.17. The predicted molar refractivity (Wildman–Crippen MR) is 142 cm³/mol. The highest BCUT2D eigenvalue weighted by atomic mass is 16.6. The van der Waals surface area contributed by atoms with Gasteiger partial charge in [0.25, 0.3) is 0 Å². The lowest BCUT2D eigenvalue weighted by molar-refractivity contribution is -0.133. The fraction of sp³-hybridized carbons (Fsp3) is 0.429. The van der Waals surface area contributed by atoms with Crippen molar-refractivity contribution in [2.75, 3.05) is 38.2 Å². The van der Waals surface area contributed by atoms with Gasteiger partial charge in [-0.1, -0.05) is 30.3 Å². The van der Waals surface area contributed by atoms with Crippen molar-refractivity contribution in [1.82, 2.24) is 14.8 Å². The summed E-state index contributed by atoms with van der Waals surface area (Å²) in [4.78, 5) is 30.5. The van der Waals surface area contributed by atoms with Crippen molar-refractivity contribution in [2.24, 2.45) is 7.05 Å². The van der Waals surface area contributed by atoms with Gasteiger partial charge in [0.1, 0.15) is 17.4 Å². The molecule has 8 heteroatoms. The van der Waals surface area contributed by atoms with Crippen molar-refractivity contribution in [2.45, 2.75) is 38.8 Å². The Morgan fingerprint density at radius 1 is 1.00 bits per heavy atom. The summed E-state index contributed by atoms with van der Waals surface area (Å²) in [7, 11) is 3.65. The Balaban J connectivity index is 1.52. The molecule has 0 unspecified atom stereocenters. The summed E-state index contributed by atoms with van der Waals surface area (Å²) >= 11 is 0. The lowest BCUT2D eigenvalue weighted by Crippen LogP contribution is -2.56. The quantitative estimate of drug-likeness (QED) is 0.564. The molecule has 1 N–H and O–H groups in total. The van der Waals surface area contributed by atoms with Gasteiger partial charge in [0.05, 0.1) is 12.8 Å². The van der Waals surface area contributed by atoms with Gasteiger partial charge in [0, 0.05) is 56.7 Å². The molecule has 0 saturated carbocycles. The lowest BCUT2D eigenvalue weighted by Gasteiger charge is -2.38. The largest absolute Gasteiger partial charge is 0.495 e. The second-order valence-corrected chi connectivity index (χ2v) is 10.2. The molecule has 1 aliphatic rings. The van der Waals surface area contributed by atoms with Crippen molar-refractivity contribution in [1.29, 1.82) is 0 Å². The molecule has 1 aliphatic heterocycles. The Hall–Kier alpha value is -3.68. The molecule has 192 valence electrons. The van der Waals surface area contributed by atoms with E-state index in [1.807, 2.05) is 92.0 Å². The molecule has 0 aliphatic carbocycles. The summed E-state index contributed by atoms with van der Waals surface area (Å²) in [6.45, 7) is 7.90. The van der Waals surface area contributed by atoms with Crippen LogP contribution < -0.4 is 15.0 Å². The van der Waals surface area contributed by atoms with E-state index in [-0.39, 0.29) is 5.91 Å². The van der Waals surface area contributed by atoms with E-state index in [4.69, 9.17) is 9.47 Å². The average molecular weight is 493 g/mol. The monoisotopic (exact) mass is 492 g/mol. The first-order chi connectivity index (χ1) is 17.2. The molecule has 2 amide bonds. The molecule has 36 heavy (non-hydrogen) atoms. The van der Waals surface area contributed by atoms with Crippen molar-refractivity contribution in [3.63, 3.8) is 0 Å². The summed E-state index contributed by atoms with van der Waals surface area (Å²) < 4.78 is 13.0. The Morgan fingerprint density at radius 2 is 1.67 bits per heavy atom. The summed E-state index contributed by atoms with van der Waals surface area (Å²) in [6.07, 6.45) is 1.82. The van der Waals surface area contributed by atoms with Crippen LogP contribution in [0.1, 0.15) is 26.3 Å². The highest BCUT2D eigenvalue weighted by Gasteiger charge is 2.31. The Morgan fingerprint density at radius 3 is 2.36 bits per heavy atom. The number of carbonyl (C=O) groups is 2. The number of fused-ring (bicyclic) bond motifs is 1. The Bertz CT molecular complexity index is 1220. The summed E-state index contributed by atoms with van der Waals surface area (Å²) in [5.41, 5.74) is 2.46. The third-order valence-corrected chi connectivity index (χ3v) is 6.41. The number of nitrogens with zero attached hydrogens (tertiary/aromatic N) is 3. The molecule has 1 aromatic heterocycles. The minimum Gasteiger partial charge on any atom is -0.495 e. The number of aryl methyl sites for hydroxylation is 1. The molecule has 4 rings (SSSR count). The minimum absolute atomic E-state index is 0.103. The lowest BCUT2D eigenvalue weighted by atomic mass is 10.0. The number of hydrogen-bond acceptors (Lipinski definition) is 5. The number of alkyl carbamates (subject to hydrolysis) is 1. The fourth-order valence-electron chi connectivity index (χ4n) is 4.74. The van der Waals surface area contributed by atoms with Gasteiger partial charge in [-0.15, -0.1) is 0 Å². The zero-order valence-corrected chi connectivity index (χ0v) is 21.8. The van der Waals surface area contributed by atoms with Crippen molar-refractivity contribution < 1.29 is 19.1 Å². The SMILES string of the molecule is COc1ccccc1N1CCN(C(=O)[C@H](Cc2cn(C)c3ccccc23)NC(=O)OC(C)(C)C)CC1. The van der Waals surface area contributed by atoms with Crippen molar-refractivity contribution in [3.05, 3.63) is 60.3 Å². The third-order valence-electron chi connectivity index (χ3n) is 6.41. The smallest absolute Gasteiger partial charge is 0.408 e. The summed E-state index contributed by atoms with van der Waals surface area (Å²) in [6, 6.07) is 15.3. The number of carbonyl (C=O) groups excluding carboxylic acids is 2. The first kappa shape index (κ1) is 25.4. The normalized spacial score (nSPS) is 15.0. The highest BCUT2D eigenvalue weighted by Crippen LogP contribution is 2.29. The second kappa shape index (κ2) is 10.5. The zero-order valence-electron chi connectivity index (χ0n) is 21.8. The number of piperazine rings is 1. The van der Waals surface area contributed by atoms with Crippen molar-refractivity contribution >= 4 is 28.6 Å². The molecule has 0 radical (unpaired) electrons. The number of rotatable bonds is 6. The number of anilines is 1. The number of aromatic nitrogens is 1. The molecule has 0 spiro atoms. The Labute approximate surface area is 212 Å². The van der Waals surface area contributed by atoms with E-state index in [1.54, 1.807) is 7.11 Å². The number of methoxy groups -OCH3 is 1. The number of para-hydroxylation sites is 3. The van der Waals surface area contributed by atoms with Gasteiger partial charge in [0.2, 0.25) is 5.91 Å². The van der Waals surface area contributed by atoms with Crippen LogP contribution in [0.15, 0.2) is 54.7 Å². The van der Waals surface area contributed by atoms with E-state index in [0.717, 1.165) is 27.9 Å². The minimum atomic E-state index is -0.733. The van der Waals surface area contributed by atoms with Crippen molar-refractivity contribution in [3.8, 4) is 5.75 Å². The van der Waals surface area contributed by atoms with Crippen LogP contribution in [0.3, 0.4) is 0 Å². The van der Waals surface area contributed by atoms with Crippen LogP contribution in [0.4, 0.5) is 10.5 Å². The number of benzene rings is 2. The maximum atomic E-state index is 13.7. The number of hydrogen-bond donors (Lipinski definition) is 1. The maximum absolute atomic E-state index is 13.7. The van der Waals surface area contributed by atoms with Gasteiger partial charge < -0.3 is 29.2 Å². The third kappa shape index (κ3) is 5.75. The molecule has 2 heterocycles. The van der Waals surface area contributed by atoms with E-state index in [9.17, 15) is 9.59 Å². The van der Waals surface area contributed by atoms with Crippen LogP contribution in [0.5, 0.6) is 5.75 Å². The van der Waals surface area contributed by atoms with Crippen LogP contribution in [0, 0.1) is 0 Å². The molecule has 3 aromatic rings. The highest BCUT2D eigenvalue weighted by molar-refractivity contribution is 5.89. The second-order valence-electron chi connectivity index (χ2n) is 10.2. The number of ether oxygens (including phenoxy) is 2. The van der Waals surface area contributed by atoms with Crippen LogP contribution in [-0.2, 0) is 23.0 Å². The fourth-order valence-corrected chi connectivity index (χ4v) is 4.74. The molecule has 1 fully saturated rings. The van der Waals surface area contributed by atoms with Crippen LogP contribution in [0.25, 0.3) is 10.9 Å². The van der Waals surface area contributed by atoms with E-state index in [1.165, 1.54) is 0 Å². The van der Waals surface area contributed by atoms with Gasteiger partial charge in [-0.2, -0.15) is 0 Å². The summed E-state index contributed by atoms with van der Waals surface area (Å²) in [5.74, 6) is 0.714.